The summed E-state index contributed by atoms with van der Waals surface area (Å²) in [6, 6.07) is 89.4. The summed E-state index contributed by atoms with van der Waals surface area (Å²) < 4.78 is 13.5. The summed E-state index contributed by atoms with van der Waals surface area (Å²) in [5.41, 5.74) is 18.2. The molecule has 91 heavy (non-hydrogen) atoms. The number of pyridine rings is 2. The van der Waals surface area contributed by atoms with E-state index in [-0.39, 0.29) is 61.3 Å². The molecule has 0 saturated carbocycles. The number of aromatic nitrogens is 6. The summed E-state index contributed by atoms with van der Waals surface area (Å²) in [4.78, 5) is 28.5. The molecule has 0 saturated heterocycles. The van der Waals surface area contributed by atoms with Crippen LogP contribution in [0.2, 0.25) is 0 Å². The van der Waals surface area contributed by atoms with Gasteiger partial charge in [-0.15, -0.1) is 71.3 Å². The Balaban J connectivity index is 0.000000584. The van der Waals surface area contributed by atoms with E-state index in [9.17, 15) is 4.79 Å². The van der Waals surface area contributed by atoms with E-state index in [1.54, 1.807) is 12.4 Å². The van der Waals surface area contributed by atoms with Crippen molar-refractivity contribution >= 4 is 38.8 Å². The van der Waals surface area contributed by atoms with Gasteiger partial charge in [0.2, 0.25) is 0 Å². The van der Waals surface area contributed by atoms with Crippen molar-refractivity contribution in [2.45, 2.75) is 104 Å². The minimum atomic E-state index is -0.323. The number of imidazole rings is 1. The van der Waals surface area contributed by atoms with Crippen LogP contribution in [0.15, 0.2) is 249 Å². The molecule has 8 aromatic carbocycles. The summed E-state index contributed by atoms with van der Waals surface area (Å²) in [5.74, 6) is 0.461. The van der Waals surface area contributed by atoms with Crippen LogP contribution >= 0.6 is 0 Å². The van der Waals surface area contributed by atoms with Gasteiger partial charge in [-0.1, -0.05) is 165 Å². The number of nitrogens with zero attached hydrogens (tertiary/aromatic N) is 6. The van der Waals surface area contributed by atoms with E-state index in [2.05, 4.69) is 255 Å². The quantitative estimate of drug-likeness (QED) is 0.0670. The number of rotatable bonds is 17. The Morgan fingerprint density at radius 3 is 1.70 bits per heavy atom. The molecule has 8 nitrogen and oxygen atoms in total. The first kappa shape index (κ1) is 63.3. The maximum atomic E-state index is 14.5. The van der Waals surface area contributed by atoms with Crippen molar-refractivity contribution in [2.75, 3.05) is 6.61 Å². The van der Waals surface area contributed by atoms with Crippen LogP contribution in [0.5, 0.6) is 0 Å². The first-order chi connectivity index (χ1) is 43.7. The molecule has 0 amide bonds. The van der Waals surface area contributed by atoms with Crippen molar-refractivity contribution in [1.82, 2.24) is 28.7 Å². The van der Waals surface area contributed by atoms with Crippen LogP contribution in [-0.4, -0.2) is 41.2 Å². The van der Waals surface area contributed by atoms with Crippen LogP contribution in [-0.2, 0) is 46.9 Å². The van der Waals surface area contributed by atoms with Crippen molar-refractivity contribution in [2.24, 2.45) is 5.92 Å². The summed E-state index contributed by atoms with van der Waals surface area (Å²) in [6.45, 7) is 18.6. The second kappa shape index (κ2) is 27.9. The molecule has 3 unspecified atom stereocenters. The fraction of sp³-hybridized carbons (Fsp3) is 0.220. The van der Waals surface area contributed by atoms with Crippen LogP contribution < -0.4 is 0 Å². The second-order valence-corrected chi connectivity index (χ2v) is 25.8. The molecular formula is C82H78IrN6O2-2. The van der Waals surface area contributed by atoms with Crippen molar-refractivity contribution in [3.05, 3.63) is 289 Å². The van der Waals surface area contributed by atoms with Gasteiger partial charge in [-0.2, -0.15) is 0 Å². The fourth-order valence-corrected chi connectivity index (χ4v) is 12.6. The van der Waals surface area contributed by atoms with Crippen LogP contribution in [0, 0.1) is 18.1 Å². The number of para-hydroxylation sites is 5. The van der Waals surface area contributed by atoms with Gasteiger partial charge in [-0.3, -0.25) is 9.36 Å². The molecule has 13 rings (SSSR count). The van der Waals surface area contributed by atoms with Gasteiger partial charge in [0.25, 0.3) is 0 Å². The van der Waals surface area contributed by atoms with Crippen LogP contribution in [0.3, 0.4) is 0 Å². The summed E-state index contributed by atoms with van der Waals surface area (Å²) in [7, 11) is 0. The molecule has 1 radical (unpaired) electrons. The van der Waals surface area contributed by atoms with Crippen LogP contribution in [0.4, 0.5) is 0 Å². The Bertz CT molecular complexity index is 4430. The summed E-state index contributed by atoms with van der Waals surface area (Å²) in [5, 5.41) is 2.44. The van der Waals surface area contributed by atoms with Crippen LogP contribution in [0.25, 0.3) is 83.8 Å². The average Bonchev–Trinajstić information content (AvgIpc) is 1.66. The fourth-order valence-electron chi connectivity index (χ4n) is 12.6. The van der Waals surface area contributed by atoms with E-state index in [1.165, 1.54) is 44.3 Å². The number of hydrogen-bond donors (Lipinski definition) is 0. The number of hydrogen-bond acceptors (Lipinski definition) is 5. The average molecular weight is 1370 g/mol. The smallest absolute Gasteiger partial charge is 0.308 e. The summed E-state index contributed by atoms with van der Waals surface area (Å²) in [6.07, 6.45) is 6.26. The third-order valence-corrected chi connectivity index (χ3v) is 17.3. The molecule has 0 N–H and O–H groups in total. The number of fused-ring (bicyclic) bond motifs is 3. The Labute approximate surface area is 550 Å². The van der Waals surface area contributed by atoms with Gasteiger partial charge in [0, 0.05) is 88.1 Å². The molecule has 0 aliphatic rings. The Hall–Kier alpha value is -9.27. The van der Waals surface area contributed by atoms with Crippen molar-refractivity contribution in [1.29, 1.82) is 0 Å². The molecule has 0 fully saturated rings. The predicted octanol–water partition coefficient (Wildman–Crippen LogP) is 20.1. The molecule has 459 valence electrons. The van der Waals surface area contributed by atoms with Crippen molar-refractivity contribution in [3.63, 3.8) is 0 Å². The topological polar surface area (TPSA) is 79.8 Å². The van der Waals surface area contributed by atoms with Gasteiger partial charge >= 0.3 is 5.97 Å². The maximum Gasteiger partial charge on any atom is 0.308 e. The standard InChI is InChI=1S/C71H70N5O2.C11H8N.Ir/c1-9-50(69(77)78-38-36-49-23-21-27-52(40-49)61-31-19-20-37-72-61)41-57(51-26-22-28-55(42-51)68-73-62-32-15-18-35-65(62)76(68)58-29-11-10-12-30-58)39-48(2)56-43-59(74-63-33-16-13-24-53(63)45-66(74)70(3,4)5)47-60(44-56)75-64-34-17-14-25-54(64)46-67(75)71(6,7)8;1-2-6-10(7-3-1)11-8-4-5-9-12-11;/h10-26,28-35,37,40,42-48,50,57H,9,36,38-39,41H2,1-8H3;1-6,8-9H;/q2*-1;. The number of esters is 1. The maximum absolute atomic E-state index is 14.5. The Morgan fingerprint density at radius 2 is 1.10 bits per heavy atom. The van der Waals surface area contributed by atoms with E-state index in [0.717, 1.165) is 74.0 Å². The summed E-state index contributed by atoms with van der Waals surface area (Å²) >= 11 is 0. The van der Waals surface area contributed by atoms with E-state index in [1.807, 2.05) is 72.8 Å². The van der Waals surface area contributed by atoms with Gasteiger partial charge in [0.1, 0.15) is 5.82 Å². The molecule has 13 aromatic rings. The first-order valence-electron chi connectivity index (χ1n) is 31.7. The zero-order valence-corrected chi connectivity index (χ0v) is 55.7. The largest absolute Gasteiger partial charge is 0.465 e. The SMILES string of the molecule is CCC(CC(CC(C)c1cc(-n2c(C(C)(C)C)cc3ccccc32)cc(-n2c(C(C)(C)C)cc3ccccc32)c1)c1cccc(-c2nc3ccccc3n2-c2ccccc2)c1)C(=O)OCCc1cc[c-]c(-c2ccccn2)c1.[Ir].[c-]1ccccc1-c1ccccn1. The van der Waals surface area contributed by atoms with Gasteiger partial charge in [0.05, 0.1) is 34.6 Å². The molecule has 3 atom stereocenters. The van der Waals surface area contributed by atoms with Crippen molar-refractivity contribution in [3.8, 4) is 51.0 Å². The van der Waals surface area contributed by atoms with Gasteiger partial charge in [-0.05, 0) is 145 Å². The normalized spacial score (nSPS) is 12.7. The second-order valence-electron chi connectivity index (χ2n) is 25.8. The molecule has 5 aromatic heterocycles. The van der Waals surface area contributed by atoms with E-state index < -0.39 is 0 Å². The number of ether oxygens (including phenoxy) is 1. The zero-order valence-electron chi connectivity index (χ0n) is 53.3. The third kappa shape index (κ3) is 14.2. The monoisotopic (exact) mass is 1370 g/mol. The molecule has 0 aliphatic carbocycles. The van der Waals surface area contributed by atoms with E-state index in [0.29, 0.717) is 19.3 Å². The third-order valence-electron chi connectivity index (χ3n) is 17.3. The predicted molar refractivity (Wildman–Crippen MR) is 370 cm³/mol. The molecule has 0 bridgehead atoms. The first-order valence-corrected chi connectivity index (χ1v) is 31.7. The minimum absolute atomic E-state index is 0. The van der Waals surface area contributed by atoms with E-state index in [4.69, 9.17) is 9.72 Å². The van der Waals surface area contributed by atoms with Gasteiger partial charge in [0.15, 0.2) is 0 Å². The van der Waals surface area contributed by atoms with Gasteiger partial charge in [-0.25, -0.2) is 4.98 Å². The molecular weight excluding hydrogens is 1290 g/mol. The van der Waals surface area contributed by atoms with Crippen molar-refractivity contribution < 1.29 is 29.6 Å². The number of carbonyl (C=O) groups is 1. The van der Waals surface area contributed by atoms with Gasteiger partial charge < -0.3 is 23.8 Å². The Kier molecular flexibility index (Phi) is 19.4. The number of carbonyl (C=O) groups excluding carboxylic acids is 1. The minimum Gasteiger partial charge on any atom is -0.465 e. The Morgan fingerprint density at radius 1 is 0.516 bits per heavy atom. The van der Waals surface area contributed by atoms with E-state index >= 15 is 0 Å². The zero-order chi connectivity index (χ0) is 62.4. The molecule has 0 aliphatic heterocycles. The van der Waals surface area contributed by atoms with Crippen LogP contribution in [0.1, 0.15) is 115 Å². The number of benzene rings is 8. The molecule has 0 spiro atoms. The molecule has 5 heterocycles. The molecule has 9 heteroatoms.